The number of hydrogen-bond donors (Lipinski definition) is 0. The molecule has 2 amide bonds. The lowest BCUT2D eigenvalue weighted by molar-refractivity contribution is 0.0736. The number of amides is 2. The standard InChI is InChI=1S/C22H28N4O2/c1-24-14-17(23-16-24)10-13-26-15-20-18(8-7-9-19(20)22(26)28)21(27)25-11-5-3-2-4-6-12-25/h7-9,14,16H,2-6,10-13,15H2,1H3. The fraction of sp³-hybridized carbons (Fsp3) is 0.500. The lowest BCUT2D eigenvalue weighted by atomic mass is 10.0. The molecule has 0 unspecified atom stereocenters. The maximum atomic E-state index is 13.2. The first-order chi connectivity index (χ1) is 13.6. The lowest BCUT2D eigenvalue weighted by Crippen LogP contribution is -2.34. The lowest BCUT2D eigenvalue weighted by Gasteiger charge is -2.25. The molecule has 0 aliphatic carbocycles. The summed E-state index contributed by atoms with van der Waals surface area (Å²) in [7, 11) is 1.94. The minimum Gasteiger partial charge on any atom is -0.340 e. The zero-order valence-corrected chi connectivity index (χ0v) is 16.6. The molecule has 28 heavy (non-hydrogen) atoms. The van der Waals surface area contributed by atoms with Gasteiger partial charge in [-0.3, -0.25) is 9.59 Å². The van der Waals surface area contributed by atoms with Crippen LogP contribution in [0.5, 0.6) is 0 Å². The fourth-order valence-electron chi connectivity index (χ4n) is 4.24. The Hall–Kier alpha value is -2.63. The van der Waals surface area contributed by atoms with Gasteiger partial charge in [-0.1, -0.05) is 25.3 Å². The van der Waals surface area contributed by atoms with E-state index in [4.69, 9.17) is 0 Å². The average Bonchev–Trinajstić information content (AvgIpc) is 3.22. The second-order valence-electron chi connectivity index (χ2n) is 7.90. The number of fused-ring (bicyclic) bond motifs is 1. The van der Waals surface area contributed by atoms with E-state index in [9.17, 15) is 9.59 Å². The molecular formula is C22H28N4O2. The van der Waals surface area contributed by atoms with Crippen molar-refractivity contribution in [1.29, 1.82) is 0 Å². The number of aromatic nitrogens is 2. The molecule has 1 aromatic carbocycles. The highest BCUT2D eigenvalue weighted by atomic mass is 16.2. The smallest absolute Gasteiger partial charge is 0.254 e. The van der Waals surface area contributed by atoms with Gasteiger partial charge in [0.25, 0.3) is 11.8 Å². The van der Waals surface area contributed by atoms with Crippen molar-refractivity contribution >= 4 is 11.8 Å². The van der Waals surface area contributed by atoms with E-state index >= 15 is 0 Å². The molecule has 0 radical (unpaired) electrons. The van der Waals surface area contributed by atoms with E-state index < -0.39 is 0 Å². The molecule has 1 saturated heterocycles. The van der Waals surface area contributed by atoms with Crippen LogP contribution in [0, 0.1) is 0 Å². The molecule has 2 aliphatic heterocycles. The molecule has 148 valence electrons. The molecule has 0 saturated carbocycles. The Bertz CT molecular complexity index is 865. The number of likely N-dealkylation sites (tertiary alicyclic amines) is 1. The van der Waals surface area contributed by atoms with Crippen LogP contribution in [0.2, 0.25) is 0 Å². The summed E-state index contributed by atoms with van der Waals surface area (Å²) in [4.78, 5) is 34.2. The quantitative estimate of drug-likeness (QED) is 0.819. The molecule has 3 heterocycles. The van der Waals surface area contributed by atoms with Gasteiger partial charge in [-0.25, -0.2) is 4.98 Å². The third-order valence-electron chi connectivity index (χ3n) is 5.81. The fourth-order valence-corrected chi connectivity index (χ4v) is 4.24. The maximum absolute atomic E-state index is 13.2. The summed E-state index contributed by atoms with van der Waals surface area (Å²) >= 11 is 0. The van der Waals surface area contributed by atoms with Gasteiger partial charge in [0.1, 0.15) is 0 Å². The van der Waals surface area contributed by atoms with Crippen molar-refractivity contribution in [2.45, 2.75) is 45.1 Å². The van der Waals surface area contributed by atoms with Crippen LogP contribution in [0.15, 0.2) is 30.7 Å². The van der Waals surface area contributed by atoms with Gasteiger partial charge in [0.15, 0.2) is 0 Å². The maximum Gasteiger partial charge on any atom is 0.254 e. The number of aryl methyl sites for hydroxylation is 1. The Labute approximate surface area is 166 Å². The highest BCUT2D eigenvalue weighted by molar-refractivity contribution is 6.04. The predicted octanol–water partition coefficient (Wildman–Crippen LogP) is 3.02. The Morgan fingerprint density at radius 3 is 2.57 bits per heavy atom. The van der Waals surface area contributed by atoms with Gasteiger partial charge in [-0.05, 0) is 30.5 Å². The number of nitrogens with zero attached hydrogens (tertiary/aromatic N) is 4. The topological polar surface area (TPSA) is 58.4 Å². The Morgan fingerprint density at radius 2 is 1.86 bits per heavy atom. The van der Waals surface area contributed by atoms with Crippen molar-refractivity contribution in [3.63, 3.8) is 0 Å². The number of imidazole rings is 1. The minimum atomic E-state index is 0.0215. The minimum absolute atomic E-state index is 0.0215. The third-order valence-corrected chi connectivity index (χ3v) is 5.81. The first-order valence-electron chi connectivity index (χ1n) is 10.3. The number of carbonyl (C=O) groups is 2. The first-order valence-corrected chi connectivity index (χ1v) is 10.3. The largest absolute Gasteiger partial charge is 0.340 e. The van der Waals surface area contributed by atoms with Crippen molar-refractivity contribution in [2.24, 2.45) is 7.05 Å². The summed E-state index contributed by atoms with van der Waals surface area (Å²) in [6.07, 6.45) is 10.2. The monoisotopic (exact) mass is 380 g/mol. The van der Waals surface area contributed by atoms with Crippen LogP contribution in [0.1, 0.15) is 64.1 Å². The van der Waals surface area contributed by atoms with Crippen LogP contribution < -0.4 is 0 Å². The summed E-state index contributed by atoms with van der Waals surface area (Å²) in [5.74, 6) is 0.103. The number of carbonyl (C=O) groups excluding carboxylic acids is 2. The van der Waals surface area contributed by atoms with Crippen LogP contribution in [-0.2, 0) is 20.0 Å². The molecule has 6 heteroatoms. The Morgan fingerprint density at radius 1 is 1.11 bits per heavy atom. The van der Waals surface area contributed by atoms with E-state index in [0.717, 1.165) is 43.6 Å². The van der Waals surface area contributed by atoms with Crippen molar-refractivity contribution in [2.75, 3.05) is 19.6 Å². The Balaban J connectivity index is 1.49. The van der Waals surface area contributed by atoms with Gasteiger partial charge < -0.3 is 14.4 Å². The van der Waals surface area contributed by atoms with Gasteiger partial charge in [0, 0.05) is 57.0 Å². The van der Waals surface area contributed by atoms with Crippen molar-refractivity contribution < 1.29 is 9.59 Å². The van der Waals surface area contributed by atoms with E-state index in [1.165, 1.54) is 19.3 Å². The van der Waals surface area contributed by atoms with Crippen LogP contribution >= 0.6 is 0 Å². The zero-order valence-electron chi connectivity index (χ0n) is 16.6. The molecule has 1 fully saturated rings. The van der Waals surface area contributed by atoms with Gasteiger partial charge in [-0.2, -0.15) is 0 Å². The normalized spacial score (nSPS) is 17.4. The molecule has 0 atom stereocenters. The highest BCUT2D eigenvalue weighted by Gasteiger charge is 2.31. The van der Waals surface area contributed by atoms with Gasteiger partial charge in [-0.15, -0.1) is 0 Å². The first kappa shape index (κ1) is 18.7. The van der Waals surface area contributed by atoms with Crippen LogP contribution in [0.3, 0.4) is 0 Å². The number of rotatable bonds is 4. The number of hydrogen-bond acceptors (Lipinski definition) is 3. The highest BCUT2D eigenvalue weighted by Crippen LogP contribution is 2.27. The van der Waals surface area contributed by atoms with Gasteiger partial charge in [0.05, 0.1) is 12.0 Å². The third kappa shape index (κ3) is 3.81. The summed E-state index contributed by atoms with van der Waals surface area (Å²) in [6, 6.07) is 5.58. The molecule has 0 N–H and O–H groups in total. The second-order valence-corrected chi connectivity index (χ2v) is 7.90. The molecular weight excluding hydrogens is 352 g/mol. The van der Waals surface area contributed by atoms with Crippen LogP contribution in [-0.4, -0.2) is 50.8 Å². The van der Waals surface area contributed by atoms with Crippen LogP contribution in [0.25, 0.3) is 0 Å². The van der Waals surface area contributed by atoms with Gasteiger partial charge in [0.2, 0.25) is 0 Å². The Kier molecular flexibility index (Phi) is 5.46. The van der Waals surface area contributed by atoms with E-state index in [2.05, 4.69) is 4.98 Å². The van der Waals surface area contributed by atoms with E-state index in [1.807, 2.05) is 45.8 Å². The zero-order chi connectivity index (χ0) is 19.5. The molecule has 0 bridgehead atoms. The molecule has 4 rings (SSSR count). The molecule has 2 aliphatic rings. The van der Waals surface area contributed by atoms with Crippen molar-refractivity contribution in [3.8, 4) is 0 Å². The molecule has 1 aromatic heterocycles. The summed E-state index contributed by atoms with van der Waals surface area (Å²) in [6.45, 7) is 2.76. The SMILES string of the molecule is Cn1cnc(CCN2Cc3c(C(=O)N4CCCCCCC4)cccc3C2=O)c1. The second kappa shape index (κ2) is 8.17. The predicted molar refractivity (Wildman–Crippen MR) is 107 cm³/mol. The average molecular weight is 380 g/mol. The molecule has 0 spiro atoms. The van der Waals surface area contributed by atoms with E-state index in [0.29, 0.717) is 24.2 Å². The van der Waals surface area contributed by atoms with Crippen molar-refractivity contribution in [3.05, 3.63) is 53.1 Å². The van der Waals surface area contributed by atoms with E-state index in [1.54, 1.807) is 6.33 Å². The molecule has 2 aromatic rings. The summed E-state index contributed by atoms with van der Waals surface area (Å²) < 4.78 is 1.91. The van der Waals surface area contributed by atoms with E-state index in [-0.39, 0.29) is 11.8 Å². The molecule has 6 nitrogen and oxygen atoms in total. The summed E-state index contributed by atoms with van der Waals surface area (Å²) in [5.41, 5.74) is 3.24. The van der Waals surface area contributed by atoms with Gasteiger partial charge >= 0.3 is 0 Å². The van der Waals surface area contributed by atoms with Crippen molar-refractivity contribution in [1.82, 2.24) is 19.4 Å². The summed E-state index contributed by atoms with van der Waals surface area (Å²) in [5, 5.41) is 0. The number of benzene rings is 1. The van der Waals surface area contributed by atoms with Crippen LogP contribution in [0.4, 0.5) is 0 Å².